The molecule has 1 amide bonds. The van der Waals surface area contributed by atoms with Gasteiger partial charge < -0.3 is 14.8 Å². The lowest BCUT2D eigenvalue weighted by Gasteiger charge is -2.21. The third-order valence-electron chi connectivity index (χ3n) is 4.86. The zero-order valence-electron chi connectivity index (χ0n) is 16.7. The summed E-state index contributed by atoms with van der Waals surface area (Å²) in [5.41, 5.74) is 4.01. The minimum atomic E-state index is -0.145. The molecule has 1 N–H and O–H groups in total. The second-order valence-electron chi connectivity index (χ2n) is 7.22. The number of ether oxygens (including phenoxy) is 2. The number of likely N-dealkylation sites (N-methyl/N-ethyl adjacent to an activating group) is 1. The predicted octanol–water partition coefficient (Wildman–Crippen LogP) is 4.85. The summed E-state index contributed by atoms with van der Waals surface area (Å²) in [7, 11) is 1.92. The van der Waals surface area contributed by atoms with Crippen LogP contribution < -0.4 is 14.8 Å². The van der Waals surface area contributed by atoms with E-state index in [-0.39, 0.29) is 12.5 Å². The maximum atomic E-state index is 12.6. The highest BCUT2D eigenvalue weighted by atomic mass is 35.5. The first kappa shape index (κ1) is 20.3. The number of halogens is 1. The van der Waals surface area contributed by atoms with E-state index < -0.39 is 0 Å². The molecule has 6 heteroatoms. The van der Waals surface area contributed by atoms with Gasteiger partial charge in [0.1, 0.15) is 13.2 Å². The molecule has 0 saturated heterocycles. The molecule has 0 atom stereocenters. The van der Waals surface area contributed by atoms with Crippen LogP contribution in [0.1, 0.15) is 5.56 Å². The number of carbonyl (C=O) groups excluding carboxylic acids is 1. The van der Waals surface area contributed by atoms with Gasteiger partial charge in [0.15, 0.2) is 11.5 Å². The molecule has 154 valence electrons. The normalized spacial score (nSPS) is 12.6. The minimum absolute atomic E-state index is 0.145. The summed E-state index contributed by atoms with van der Waals surface area (Å²) in [6.07, 6.45) is 0. The van der Waals surface area contributed by atoms with Crippen LogP contribution >= 0.6 is 11.6 Å². The molecule has 0 spiro atoms. The lowest BCUT2D eigenvalue weighted by Crippen LogP contribution is -2.30. The molecule has 3 aromatic rings. The van der Waals surface area contributed by atoms with Crippen molar-refractivity contribution in [2.75, 3.05) is 32.1 Å². The summed E-state index contributed by atoms with van der Waals surface area (Å²) in [5, 5.41) is 3.30. The number of carbonyl (C=O) groups is 1. The van der Waals surface area contributed by atoms with E-state index in [1.165, 1.54) is 5.56 Å². The second kappa shape index (κ2) is 9.20. The standard InChI is InChI=1S/C24H23ClN2O3/c1-27(15-18-9-5-6-10-19(18)17-7-3-2-4-8-17)16-24(28)26-21-14-23-22(13-20(21)25)29-11-12-30-23/h2-10,13-14H,11-12,15-16H2,1H3,(H,26,28). The van der Waals surface area contributed by atoms with Gasteiger partial charge in [-0.05, 0) is 23.7 Å². The quantitative estimate of drug-likeness (QED) is 0.617. The summed E-state index contributed by atoms with van der Waals surface area (Å²) in [6.45, 7) is 1.84. The van der Waals surface area contributed by atoms with Gasteiger partial charge in [0, 0.05) is 18.7 Å². The highest BCUT2D eigenvalue weighted by Crippen LogP contribution is 2.38. The van der Waals surface area contributed by atoms with E-state index in [1.807, 2.05) is 42.3 Å². The third-order valence-corrected chi connectivity index (χ3v) is 5.17. The maximum Gasteiger partial charge on any atom is 0.238 e. The van der Waals surface area contributed by atoms with Crippen molar-refractivity contribution in [3.05, 3.63) is 77.3 Å². The molecule has 0 bridgehead atoms. The van der Waals surface area contributed by atoms with Gasteiger partial charge in [0.2, 0.25) is 5.91 Å². The molecule has 0 saturated carbocycles. The molecule has 3 aromatic carbocycles. The van der Waals surface area contributed by atoms with Crippen LogP contribution in [0.15, 0.2) is 66.7 Å². The molecule has 4 rings (SSSR count). The van der Waals surface area contributed by atoms with Crippen LogP contribution in [0.2, 0.25) is 5.02 Å². The Morgan fingerprint density at radius 3 is 2.43 bits per heavy atom. The Morgan fingerprint density at radius 1 is 1.00 bits per heavy atom. The highest BCUT2D eigenvalue weighted by Gasteiger charge is 2.17. The molecule has 0 aliphatic carbocycles. The Bertz CT molecular complexity index is 1040. The molecule has 30 heavy (non-hydrogen) atoms. The van der Waals surface area contributed by atoms with Crippen molar-refractivity contribution in [3.63, 3.8) is 0 Å². The average molecular weight is 423 g/mol. The zero-order chi connectivity index (χ0) is 20.9. The van der Waals surface area contributed by atoms with Crippen molar-refractivity contribution in [1.82, 2.24) is 4.90 Å². The summed E-state index contributed by atoms with van der Waals surface area (Å²) in [5.74, 6) is 1.04. The molecule has 0 fully saturated rings. The van der Waals surface area contributed by atoms with Crippen LogP contribution in [0.5, 0.6) is 11.5 Å². The first-order valence-corrected chi connectivity index (χ1v) is 10.2. The van der Waals surface area contributed by atoms with Crippen LogP contribution in [0.4, 0.5) is 5.69 Å². The number of anilines is 1. The molecular weight excluding hydrogens is 400 g/mol. The number of nitrogens with zero attached hydrogens (tertiary/aromatic N) is 1. The Kier molecular flexibility index (Phi) is 6.21. The number of fused-ring (bicyclic) bond motifs is 1. The molecule has 1 heterocycles. The van der Waals surface area contributed by atoms with Gasteiger partial charge in [-0.3, -0.25) is 9.69 Å². The van der Waals surface area contributed by atoms with Crippen LogP contribution in [0, 0.1) is 0 Å². The van der Waals surface area contributed by atoms with Crippen LogP contribution in [0.3, 0.4) is 0 Å². The molecule has 1 aliphatic rings. The van der Waals surface area contributed by atoms with Gasteiger partial charge >= 0.3 is 0 Å². The van der Waals surface area contributed by atoms with Crippen molar-refractivity contribution >= 4 is 23.2 Å². The van der Waals surface area contributed by atoms with Crippen molar-refractivity contribution in [2.24, 2.45) is 0 Å². The van der Waals surface area contributed by atoms with Gasteiger partial charge in [-0.1, -0.05) is 66.2 Å². The number of rotatable bonds is 6. The Hall–Kier alpha value is -3.02. The molecule has 5 nitrogen and oxygen atoms in total. The van der Waals surface area contributed by atoms with E-state index in [2.05, 4.69) is 29.6 Å². The van der Waals surface area contributed by atoms with Crippen molar-refractivity contribution in [2.45, 2.75) is 6.54 Å². The first-order valence-electron chi connectivity index (χ1n) is 9.81. The summed E-state index contributed by atoms with van der Waals surface area (Å²) in [4.78, 5) is 14.6. The van der Waals surface area contributed by atoms with Gasteiger partial charge in [-0.25, -0.2) is 0 Å². The summed E-state index contributed by atoms with van der Waals surface area (Å²) in [6, 6.07) is 21.9. The number of nitrogens with one attached hydrogen (secondary N) is 1. The average Bonchev–Trinajstić information content (AvgIpc) is 2.75. The lowest BCUT2D eigenvalue weighted by molar-refractivity contribution is -0.117. The van der Waals surface area contributed by atoms with Crippen molar-refractivity contribution in [3.8, 4) is 22.6 Å². The highest BCUT2D eigenvalue weighted by molar-refractivity contribution is 6.34. The molecule has 0 aromatic heterocycles. The van der Waals surface area contributed by atoms with Gasteiger partial charge in [0.25, 0.3) is 0 Å². The second-order valence-corrected chi connectivity index (χ2v) is 7.63. The summed E-state index contributed by atoms with van der Waals surface area (Å²) >= 11 is 6.30. The largest absolute Gasteiger partial charge is 0.486 e. The number of hydrogen-bond donors (Lipinski definition) is 1. The van der Waals surface area contributed by atoms with Gasteiger partial charge in [-0.15, -0.1) is 0 Å². The van der Waals surface area contributed by atoms with Gasteiger partial charge in [-0.2, -0.15) is 0 Å². The van der Waals surface area contributed by atoms with E-state index in [0.717, 1.165) is 11.1 Å². The van der Waals surface area contributed by atoms with Crippen LogP contribution in [0.25, 0.3) is 11.1 Å². The number of hydrogen-bond acceptors (Lipinski definition) is 4. The fraction of sp³-hybridized carbons (Fsp3) is 0.208. The molecule has 0 unspecified atom stereocenters. The molecular formula is C24H23ClN2O3. The van der Waals surface area contributed by atoms with E-state index in [9.17, 15) is 4.79 Å². The Labute approximate surface area is 181 Å². The van der Waals surface area contributed by atoms with E-state index in [4.69, 9.17) is 21.1 Å². The molecule has 0 radical (unpaired) electrons. The van der Waals surface area contributed by atoms with E-state index in [1.54, 1.807) is 12.1 Å². The first-order chi connectivity index (χ1) is 14.6. The Morgan fingerprint density at radius 2 is 1.67 bits per heavy atom. The van der Waals surface area contributed by atoms with Crippen molar-refractivity contribution < 1.29 is 14.3 Å². The van der Waals surface area contributed by atoms with Gasteiger partial charge in [0.05, 0.1) is 17.3 Å². The monoisotopic (exact) mass is 422 g/mol. The summed E-state index contributed by atoms with van der Waals surface area (Å²) < 4.78 is 11.1. The molecule has 1 aliphatic heterocycles. The predicted molar refractivity (Wildman–Crippen MR) is 119 cm³/mol. The number of amides is 1. The number of benzene rings is 3. The SMILES string of the molecule is CN(CC(=O)Nc1cc2c(cc1Cl)OCCO2)Cc1ccccc1-c1ccccc1. The smallest absolute Gasteiger partial charge is 0.238 e. The maximum absolute atomic E-state index is 12.6. The topological polar surface area (TPSA) is 50.8 Å². The minimum Gasteiger partial charge on any atom is -0.486 e. The van der Waals surface area contributed by atoms with Crippen LogP contribution in [-0.4, -0.2) is 37.6 Å². The Balaban J connectivity index is 1.42. The van der Waals surface area contributed by atoms with Crippen molar-refractivity contribution in [1.29, 1.82) is 0 Å². The van der Waals surface area contributed by atoms with E-state index in [0.29, 0.717) is 42.0 Å². The lowest BCUT2D eigenvalue weighted by atomic mass is 9.99. The zero-order valence-corrected chi connectivity index (χ0v) is 17.5. The fourth-order valence-electron chi connectivity index (χ4n) is 3.50. The van der Waals surface area contributed by atoms with Crippen LogP contribution in [-0.2, 0) is 11.3 Å². The fourth-order valence-corrected chi connectivity index (χ4v) is 3.70. The third kappa shape index (κ3) is 4.75. The van der Waals surface area contributed by atoms with E-state index >= 15 is 0 Å².